The molecule has 0 spiro atoms. The summed E-state index contributed by atoms with van der Waals surface area (Å²) in [4.78, 5) is 47.9. The predicted molar refractivity (Wildman–Crippen MR) is 87.1 cm³/mol. The lowest BCUT2D eigenvalue weighted by Crippen LogP contribution is -2.38. The van der Waals surface area contributed by atoms with Crippen molar-refractivity contribution in [3.8, 4) is 0 Å². The number of nitrogens with two attached hydrogens (primary N) is 1. The molecule has 1 heterocycles. The lowest BCUT2D eigenvalue weighted by atomic mass is 10.0. The summed E-state index contributed by atoms with van der Waals surface area (Å²) in [6.07, 6.45) is 0.525. The van der Waals surface area contributed by atoms with Crippen molar-refractivity contribution in [2.45, 2.75) is 26.3 Å². The minimum absolute atomic E-state index is 0.247. The third kappa shape index (κ3) is 4.09. The van der Waals surface area contributed by atoms with Crippen molar-refractivity contribution in [1.29, 1.82) is 0 Å². The van der Waals surface area contributed by atoms with Gasteiger partial charge >= 0.3 is 6.03 Å². The fourth-order valence-electron chi connectivity index (χ4n) is 2.42. The SMILES string of the molecule is CC(C)CC1NC(=O)N(CC(=O)Nc2ccc(C(N)=O)cc2)C1=O. The van der Waals surface area contributed by atoms with Crippen LogP contribution in [0.25, 0.3) is 0 Å². The monoisotopic (exact) mass is 332 g/mol. The fraction of sp³-hybridized carbons (Fsp3) is 0.375. The average molecular weight is 332 g/mol. The van der Waals surface area contributed by atoms with Gasteiger partial charge in [-0.1, -0.05) is 13.8 Å². The van der Waals surface area contributed by atoms with Crippen molar-refractivity contribution in [3.05, 3.63) is 29.8 Å². The Morgan fingerprint density at radius 2 is 1.88 bits per heavy atom. The van der Waals surface area contributed by atoms with Gasteiger partial charge in [-0.15, -0.1) is 0 Å². The van der Waals surface area contributed by atoms with E-state index in [9.17, 15) is 19.2 Å². The van der Waals surface area contributed by atoms with E-state index in [1.165, 1.54) is 24.3 Å². The second-order valence-electron chi connectivity index (χ2n) is 6.05. The first-order chi connectivity index (χ1) is 11.3. The molecule has 1 aromatic carbocycles. The summed E-state index contributed by atoms with van der Waals surface area (Å²) in [7, 11) is 0. The van der Waals surface area contributed by atoms with Crippen molar-refractivity contribution < 1.29 is 19.2 Å². The van der Waals surface area contributed by atoms with E-state index in [-0.39, 0.29) is 12.5 Å². The van der Waals surface area contributed by atoms with Crippen LogP contribution in [0.4, 0.5) is 10.5 Å². The van der Waals surface area contributed by atoms with Crippen molar-refractivity contribution in [2.75, 3.05) is 11.9 Å². The highest BCUT2D eigenvalue weighted by Gasteiger charge is 2.38. The smallest absolute Gasteiger partial charge is 0.325 e. The van der Waals surface area contributed by atoms with Crippen LogP contribution < -0.4 is 16.4 Å². The first-order valence-electron chi connectivity index (χ1n) is 7.59. The molecule has 8 heteroatoms. The average Bonchev–Trinajstić information content (AvgIpc) is 2.74. The van der Waals surface area contributed by atoms with Crippen molar-refractivity contribution in [3.63, 3.8) is 0 Å². The lowest BCUT2D eigenvalue weighted by Gasteiger charge is -2.14. The number of benzene rings is 1. The second-order valence-corrected chi connectivity index (χ2v) is 6.05. The van der Waals surface area contributed by atoms with Gasteiger partial charge in [-0.25, -0.2) is 4.79 Å². The summed E-state index contributed by atoms with van der Waals surface area (Å²) < 4.78 is 0. The maximum atomic E-state index is 12.2. The molecule has 1 atom stereocenters. The van der Waals surface area contributed by atoms with Crippen LogP contribution in [0.5, 0.6) is 0 Å². The molecular weight excluding hydrogens is 312 g/mol. The van der Waals surface area contributed by atoms with Crippen LogP contribution in [0.15, 0.2) is 24.3 Å². The van der Waals surface area contributed by atoms with Gasteiger partial charge in [0, 0.05) is 11.3 Å². The normalized spacial score (nSPS) is 17.1. The van der Waals surface area contributed by atoms with E-state index < -0.39 is 29.8 Å². The molecule has 8 nitrogen and oxygen atoms in total. The summed E-state index contributed by atoms with van der Waals surface area (Å²) in [5.74, 6) is -1.22. The van der Waals surface area contributed by atoms with E-state index in [1.807, 2.05) is 13.8 Å². The molecule has 0 radical (unpaired) electrons. The number of carbonyl (C=O) groups excluding carboxylic acids is 4. The van der Waals surface area contributed by atoms with E-state index in [1.54, 1.807) is 0 Å². The molecule has 0 saturated carbocycles. The van der Waals surface area contributed by atoms with Crippen LogP contribution in [0.2, 0.25) is 0 Å². The standard InChI is InChI=1S/C16H20N4O4/c1-9(2)7-12-15(23)20(16(24)19-12)8-13(21)18-11-5-3-10(4-6-11)14(17)22/h3-6,9,12H,7-8H2,1-2H3,(H2,17,22)(H,18,21)(H,19,24). The van der Waals surface area contributed by atoms with E-state index in [0.717, 1.165) is 4.90 Å². The molecule has 0 aliphatic carbocycles. The number of hydrogen-bond donors (Lipinski definition) is 3. The number of imide groups is 1. The molecule has 1 saturated heterocycles. The number of nitrogens with zero attached hydrogens (tertiary/aromatic N) is 1. The summed E-state index contributed by atoms with van der Waals surface area (Å²) >= 11 is 0. The minimum atomic E-state index is -0.583. The molecule has 24 heavy (non-hydrogen) atoms. The van der Waals surface area contributed by atoms with Crippen LogP contribution in [0, 0.1) is 5.92 Å². The topological polar surface area (TPSA) is 122 Å². The number of carbonyl (C=O) groups is 4. The van der Waals surface area contributed by atoms with E-state index in [2.05, 4.69) is 10.6 Å². The van der Waals surface area contributed by atoms with E-state index >= 15 is 0 Å². The predicted octanol–water partition coefficient (Wildman–Crippen LogP) is 0.691. The minimum Gasteiger partial charge on any atom is -0.366 e. The van der Waals surface area contributed by atoms with Gasteiger partial charge in [0.1, 0.15) is 12.6 Å². The second kappa shape index (κ2) is 7.12. The maximum Gasteiger partial charge on any atom is 0.325 e. The Morgan fingerprint density at radius 1 is 1.25 bits per heavy atom. The molecular formula is C16H20N4O4. The molecule has 1 unspecified atom stereocenters. The lowest BCUT2D eigenvalue weighted by molar-refractivity contribution is -0.131. The number of nitrogens with one attached hydrogen (secondary N) is 2. The number of hydrogen-bond acceptors (Lipinski definition) is 4. The summed E-state index contributed by atoms with van der Waals surface area (Å²) in [5.41, 5.74) is 5.90. The van der Waals surface area contributed by atoms with Gasteiger partial charge in [0.15, 0.2) is 0 Å². The molecule has 4 N–H and O–H groups in total. The molecule has 5 amide bonds. The number of rotatable bonds is 6. The van der Waals surface area contributed by atoms with Crippen LogP contribution in [-0.2, 0) is 9.59 Å². The quantitative estimate of drug-likeness (QED) is 0.663. The van der Waals surface area contributed by atoms with Gasteiger partial charge < -0.3 is 16.4 Å². The highest BCUT2D eigenvalue weighted by molar-refractivity contribution is 6.08. The van der Waals surface area contributed by atoms with Crippen LogP contribution in [0.1, 0.15) is 30.6 Å². The first kappa shape index (κ1) is 17.5. The number of anilines is 1. The van der Waals surface area contributed by atoms with Gasteiger partial charge in [0.05, 0.1) is 0 Å². The third-order valence-corrected chi connectivity index (χ3v) is 3.57. The zero-order chi connectivity index (χ0) is 17.9. The summed E-state index contributed by atoms with van der Waals surface area (Å²) in [5, 5.41) is 5.15. The Bertz CT molecular complexity index is 669. The molecule has 1 aliphatic heterocycles. The Kier molecular flexibility index (Phi) is 5.18. The molecule has 1 fully saturated rings. The van der Waals surface area contributed by atoms with Crippen LogP contribution in [0.3, 0.4) is 0 Å². The maximum absolute atomic E-state index is 12.2. The van der Waals surface area contributed by atoms with Crippen molar-refractivity contribution in [2.24, 2.45) is 11.7 Å². The third-order valence-electron chi connectivity index (χ3n) is 3.57. The zero-order valence-corrected chi connectivity index (χ0v) is 13.5. The molecule has 0 bridgehead atoms. The molecule has 128 valence electrons. The summed E-state index contributed by atoms with van der Waals surface area (Å²) in [6, 6.07) is 4.84. The Labute approximate surface area is 139 Å². The van der Waals surface area contributed by atoms with Crippen molar-refractivity contribution >= 4 is 29.4 Å². The van der Waals surface area contributed by atoms with Crippen LogP contribution >= 0.6 is 0 Å². The molecule has 1 aromatic rings. The molecule has 0 aromatic heterocycles. The fourth-order valence-corrected chi connectivity index (χ4v) is 2.42. The number of primary amides is 1. The van der Waals surface area contributed by atoms with Crippen molar-refractivity contribution in [1.82, 2.24) is 10.2 Å². The zero-order valence-electron chi connectivity index (χ0n) is 13.5. The summed E-state index contributed by atoms with van der Waals surface area (Å²) in [6.45, 7) is 3.53. The Balaban J connectivity index is 1.95. The number of amides is 5. The molecule has 1 aliphatic rings. The largest absolute Gasteiger partial charge is 0.366 e. The highest BCUT2D eigenvalue weighted by Crippen LogP contribution is 2.15. The van der Waals surface area contributed by atoms with Gasteiger partial charge in [-0.2, -0.15) is 0 Å². The van der Waals surface area contributed by atoms with E-state index in [4.69, 9.17) is 5.73 Å². The van der Waals surface area contributed by atoms with Crippen LogP contribution in [-0.4, -0.2) is 41.2 Å². The van der Waals surface area contributed by atoms with Gasteiger partial charge in [0.2, 0.25) is 11.8 Å². The Morgan fingerprint density at radius 3 is 2.42 bits per heavy atom. The van der Waals surface area contributed by atoms with Gasteiger partial charge in [0.25, 0.3) is 5.91 Å². The van der Waals surface area contributed by atoms with E-state index in [0.29, 0.717) is 17.7 Å². The molecule has 2 rings (SSSR count). The van der Waals surface area contributed by atoms with Gasteiger partial charge in [-0.3, -0.25) is 19.3 Å². The highest BCUT2D eigenvalue weighted by atomic mass is 16.2. The Hall–Kier alpha value is -2.90. The van der Waals surface area contributed by atoms with Gasteiger partial charge in [-0.05, 0) is 36.6 Å². The number of urea groups is 1. The first-order valence-corrected chi connectivity index (χ1v) is 7.59.